The first-order valence-electron chi connectivity index (χ1n) is 6.56. The summed E-state index contributed by atoms with van der Waals surface area (Å²) in [6, 6.07) is 4.67. The van der Waals surface area contributed by atoms with Crippen molar-refractivity contribution in [2.24, 2.45) is 0 Å². The van der Waals surface area contributed by atoms with Crippen molar-refractivity contribution in [1.29, 1.82) is 5.26 Å². The molecule has 1 fully saturated rings. The van der Waals surface area contributed by atoms with Crippen molar-refractivity contribution in [2.75, 3.05) is 18.4 Å². The number of hydrogen-bond donors (Lipinski definition) is 2. The van der Waals surface area contributed by atoms with Crippen LogP contribution in [0.25, 0.3) is 0 Å². The van der Waals surface area contributed by atoms with Crippen molar-refractivity contribution < 1.29 is 0 Å². The molecule has 96 valence electrons. The second kappa shape index (κ2) is 5.83. The van der Waals surface area contributed by atoms with Gasteiger partial charge in [0, 0.05) is 18.3 Å². The number of piperidine rings is 1. The van der Waals surface area contributed by atoms with E-state index in [4.69, 9.17) is 0 Å². The maximum Gasteiger partial charge on any atom is 0.144 e. The molecular formula is C14H20N4. The summed E-state index contributed by atoms with van der Waals surface area (Å²) in [5, 5.41) is 16.0. The number of pyridine rings is 1. The first-order valence-corrected chi connectivity index (χ1v) is 6.56. The number of anilines is 1. The van der Waals surface area contributed by atoms with Crippen molar-refractivity contribution >= 4 is 5.82 Å². The number of rotatable bonds is 3. The van der Waals surface area contributed by atoms with Crippen molar-refractivity contribution in [3.63, 3.8) is 0 Å². The predicted molar refractivity (Wildman–Crippen MR) is 72.6 cm³/mol. The van der Waals surface area contributed by atoms with E-state index in [1.165, 1.54) is 19.3 Å². The van der Waals surface area contributed by atoms with Gasteiger partial charge in [-0.1, -0.05) is 6.42 Å². The average molecular weight is 244 g/mol. The lowest BCUT2D eigenvalue weighted by atomic mass is 10.0. The second-order valence-electron chi connectivity index (χ2n) is 4.94. The quantitative estimate of drug-likeness (QED) is 0.855. The number of nitrogens with zero attached hydrogens (tertiary/aromatic N) is 2. The van der Waals surface area contributed by atoms with Crippen LogP contribution in [0, 0.1) is 25.2 Å². The van der Waals surface area contributed by atoms with Gasteiger partial charge in [-0.3, -0.25) is 0 Å². The Morgan fingerprint density at radius 3 is 3.00 bits per heavy atom. The van der Waals surface area contributed by atoms with Gasteiger partial charge in [-0.2, -0.15) is 5.26 Å². The topological polar surface area (TPSA) is 60.7 Å². The molecule has 1 aromatic heterocycles. The molecule has 18 heavy (non-hydrogen) atoms. The summed E-state index contributed by atoms with van der Waals surface area (Å²) in [5.74, 6) is 0.724. The standard InChI is InChI=1S/C14H20N4/c1-10-7-11(2)18-14(13(10)8-15)17-9-12-5-3-4-6-16-12/h7,12,16H,3-6,9H2,1-2H3,(H,17,18). The Labute approximate surface area is 108 Å². The number of aromatic nitrogens is 1. The summed E-state index contributed by atoms with van der Waals surface area (Å²) in [4.78, 5) is 4.43. The molecular weight excluding hydrogens is 224 g/mol. The summed E-state index contributed by atoms with van der Waals surface area (Å²) in [5.41, 5.74) is 2.60. The van der Waals surface area contributed by atoms with Gasteiger partial charge in [0.2, 0.25) is 0 Å². The van der Waals surface area contributed by atoms with Crippen LogP contribution in [-0.4, -0.2) is 24.1 Å². The molecule has 1 saturated heterocycles. The molecule has 0 radical (unpaired) electrons. The fraction of sp³-hybridized carbons (Fsp3) is 0.571. The lowest BCUT2D eigenvalue weighted by Gasteiger charge is -2.24. The van der Waals surface area contributed by atoms with E-state index >= 15 is 0 Å². The highest BCUT2D eigenvalue weighted by Crippen LogP contribution is 2.18. The van der Waals surface area contributed by atoms with Crippen LogP contribution < -0.4 is 10.6 Å². The lowest BCUT2D eigenvalue weighted by molar-refractivity contribution is 0.414. The lowest BCUT2D eigenvalue weighted by Crippen LogP contribution is -2.39. The minimum Gasteiger partial charge on any atom is -0.367 e. The van der Waals surface area contributed by atoms with E-state index in [-0.39, 0.29) is 0 Å². The van der Waals surface area contributed by atoms with Gasteiger partial charge >= 0.3 is 0 Å². The third kappa shape index (κ3) is 2.99. The highest BCUT2D eigenvalue weighted by molar-refractivity contribution is 5.56. The van der Waals surface area contributed by atoms with Crippen LogP contribution in [0.5, 0.6) is 0 Å². The summed E-state index contributed by atoms with van der Waals surface area (Å²) in [7, 11) is 0. The number of nitriles is 1. The van der Waals surface area contributed by atoms with Crippen molar-refractivity contribution in [3.05, 3.63) is 22.9 Å². The average Bonchev–Trinajstić information content (AvgIpc) is 2.37. The Kier molecular flexibility index (Phi) is 4.16. The minimum absolute atomic E-state index is 0.493. The zero-order chi connectivity index (χ0) is 13.0. The summed E-state index contributed by atoms with van der Waals surface area (Å²) in [6.07, 6.45) is 3.74. The summed E-state index contributed by atoms with van der Waals surface area (Å²) >= 11 is 0. The molecule has 1 atom stereocenters. The minimum atomic E-state index is 0.493. The van der Waals surface area contributed by atoms with E-state index in [9.17, 15) is 5.26 Å². The van der Waals surface area contributed by atoms with Crippen LogP contribution in [0.15, 0.2) is 6.07 Å². The third-order valence-corrected chi connectivity index (χ3v) is 3.38. The second-order valence-corrected chi connectivity index (χ2v) is 4.94. The summed E-state index contributed by atoms with van der Waals surface area (Å²) < 4.78 is 0. The molecule has 0 saturated carbocycles. The van der Waals surface area contributed by atoms with Crippen molar-refractivity contribution in [1.82, 2.24) is 10.3 Å². The van der Waals surface area contributed by atoms with E-state index in [1.807, 2.05) is 19.9 Å². The monoisotopic (exact) mass is 244 g/mol. The highest BCUT2D eigenvalue weighted by Gasteiger charge is 2.14. The van der Waals surface area contributed by atoms with E-state index in [1.54, 1.807) is 0 Å². The molecule has 2 heterocycles. The molecule has 1 aromatic rings. The van der Waals surface area contributed by atoms with Crippen LogP contribution >= 0.6 is 0 Å². The molecule has 0 aromatic carbocycles. The molecule has 1 unspecified atom stereocenters. The van der Waals surface area contributed by atoms with Gasteiger partial charge in [0.05, 0.1) is 5.56 Å². The van der Waals surface area contributed by atoms with E-state index in [0.717, 1.165) is 30.2 Å². The molecule has 2 rings (SSSR count). The smallest absolute Gasteiger partial charge is 0.144 e. The number of nitrogens with one attached hydrogen (secondary N) is 2. The molecule has 1 aliphatic rings. The van der Waals surface area contributed by atoms with Crippen LogP contribution in [0.1, 0.15) is 36.1 Å². The summed E-state index contributed by atoms with van der Waals surface area (Å²) in [6.45, 7) is 5.85. The van der Waals surface area contributed by atoms with Gasteiger partial charge in [-0.15, -0.1) is 0 Å². The molecule has 4 heteroatoms. The van der Waals surface area contributed by atoms with Crippen LogP contribution in [0.3, 0.4) is 0 Å². The van der Waals surface area contributed by atoms with Gasteiger partial charge in [0.1, 0.15) is 11.9 Å². The van der Waals surface area contributed by atoms with Crippen molar-refractivity contribution in [2.45, 2.75) is 39.2 Å². The zero-order valence-corrected chi connectivity index (χ0v) is 11.1. The molecule has 2 N–H and O–H groups in total. The van der Waals surface area contributed by atoms with Gasteiger partial charge in [-0.25, -0.2) is 4.98 Å². The molecule has 0 bridgehead atoms. The van der Waals surface area contributed by atoms with Crippen LogP contribution in [0.4, 0.5) is 5.82 Å². The van der Waals surface area contributed by atoms with E-state index in [2.05, 4.69) is 21.7 Å². The van der Waals surface area contributed by atoms with Crippen molar-refractivity contribution in [3.8, 4) is 6.07 Å². The Morgan fingerprint density at radius 2 is 2.33 bits per heavy atom. The largest absolute Gasteiger partial charge is 0.367 e. The Balaban J connectivity index is 2.06. The highest BCUT2D eigenvalue weighted by atomic mass is 15.0. The SMILES string of the molecule is Cc1cc(C)c(C#N)c(NCC2CCCCN2)n1. The Morgan fingerprint density at radius 1 is 1.50 bits per heavy atom. The Hall–Kier alpha value is -1.60. The maximum absolute atomic E-state index is 9.18. The fourth-order valence-electron chi connectivity index (χ4n) is 2.42. The third-order valence-electron chi connectivity index (χ3n) is 3.38. The van der Waals surface area contributed by atoms with E-state index < -0.39 is 0 Å². The predicted octanol–water partition coefficient (Wildman–Crippen LogP) is 2.12. The fourth-order valence-corrected chi connectivity index (χ4v) is 2.42. The first-order chi connectivity index (χ1) is 8.70. The maximum atomic E-state index is 9.18. The van der Waals surface area contributed by atoms with Crippen LogP contribution in [0.2, 0.25) is 0 Å². The molecule has 0 aliphatic carbocycles. The number of aryl methyl sites for hydroxylation is 2. The molecule has 1 aliphatic heterocycles. The van der Waals surface area contributed by atoms with Crippen LogP contribution in [-0.2, 0) is 0 Å². The number of hydrogen-bond acceptors (Lipinski definition) is 4. The van der Waals surface area contributed by atoms with Gasteiger partial charge in [-0.05, 0) is 44.9 Å². The van der Waals surface area contributed by atoms with Gasteiger partial charge in [0.15, 0.2) is 0 Å². The van der Waals surface area contributed by atoms with Gasteiger partial charge < -0.3 is 10.6 Å². The molecule has 0 spiro atoms. The first kappa shape index (κ1) is 12.8. The Bertz CT molecular complexity index is 456. The molecule has 0 amide bonds. The zero-order valence-electron chi connectivity index (χ0n) is 11.1. The van der Waals surface area contributed by atoms with Gasteiger partial charge in [0.25, 0.3) is 0 Å². The normalized spacial score (nSPS) is 19.3. The van der Waals surface area contributed by atoms with E-state index in [0.29, 0.717) is 11.6 Å². The molecule has 4 nitrogen and oxygen atoms in total.